The summed E-state index contributed by atoms with van der Waals surface area (Å²) in [4.78, 5) is 32.8. The van der Waals surface area contributed by atoms with Crippen molar-refractivity contribution in [3.8, 4) is 0 Å². The fourth-order valence-electron chi connectivity index (χ4n) is 4.63. The zero-order valence-corrected chi connectivity index (χ0v) is 20.6. The number of para-hydroxylation sites is 2. The fourth-order valence-corrected chi connectivity index (χ4v) is 5.45. The normalized spacial score (nSPS) is 18.5. The number of aromatic nitrogens is 2. The second kappa shape index (κ2) is 10.00. The van der Waals surface area contributed by atoms with Crippen molar-refractivity contribution in [3.63, 3.8) is 0 Å². The molecular weight excluding hydrogens is 432 g/mol. The van der Waals surface area contributed by atoms with Gasteiger partial charge in [0.05, 0.1) is 16.8 Å². The van der Waals surface area contributed by atoms with Crippen LogP contribution in [0.15, 0.2) is 47.6 Å². The van der Waals surface area contributed by atoms with Crippen molar-refractivity contribution < 1.29 is 9.59 Å². The van der Waals surface area contributed by atoms with Crippen molar-refractivity contribution in [1.82, 2.24) is 14.5 Å². The first kappa shape index (κ1) is 23.4. The number of likely N-dealkylation sites (tertiary alicyclic amines) is 1. The van der Waals surface area contributed by atoms with Crippen molar-refractivity contribution in [2.24, 2.45) is 0 Å². The summed E-state index contributed by atoms with van der Waals surface area (Å²) in [6, 6.07) is 14.3. The minimum absolute atomic E-state index is 0.0862. The topological polar surface area (TPSA) is 67.2 Å². The quantitative estimate of drug-likeness (QED) is 0.511. The van der Waals surface area contributed by atoms with Gasteiger partial charge in [0.1, 0.15) is 6.54 Å². The molecule has 33 heavy (non-hydrogen) atoms. The number of anilines is 1. The van der Waals surface area contributed by atoms with Crippen LogP contribution >= 0.6 is 11.8 Å². The zero-order valence-electron chi connectivity index (χ0n) is 19.8. The van der Waals surface area contributed by atoms with Crippen LogP contribution in [0.4, 0.5) is 5.69 Å². The molecule has 0 spiro atoms. The van der Waals surface area contributed by atoms with E-state index >= 15 is 0 Å². The van der Waals surface area contributed by atoms with Crippen molar-refractivity contribution in [2.45, 2.75) is 70.7 Å². The summed E-state index contributed by atoms with van der Waals surface area (Å²) >= 11 is 1.37. The maximum Gasteiger partial charge on any atom is 0.243 e. The van der Waals surface area contributed by atoms with Crippen LogP contribution in [-0.2, 0) is 16.1 Å². The molecule has 1 N–H and O–H groups in total. The summed E-state index contributed by atoms with van der Waals surface area (Å²) in [5, 5.41) is 3.70. The lowest BCUT2D eigenvalue weighted by Crippen LogP contribution is -2.48. The molecule has 0 bridgehead atoms. The van der Waals surface area contributed by atoms with E-state index in [2.05, 4.69) is 19.2 Å². The number of imidazole rings is 1. The van der Waals surface area contributed by atoms with E-state index in [-0.39, 0.29) is 36.2 Å². The van der Waals surface area contributed by atoms with Gasteiger partial charge in [-0.05, 0) is 76.3 Å². The first-order valence-corrected chi connectivity index (χ1v) is 12.6. The van der Waals surface area contributed by atoms with Gasteiger partial charge in [0.2, 0.25) is 11.8 Å². The largest absolute Gasteiger partial charge is 0.336 e. The first-order valence-electron chi connectivity index (χ1n) is 11.6. The van der Waals surface area contributed by atoms with Gasteiger partial charge in [0.25, 0.3) is 0 Å². The number of hydrogen-bond acceptors (Lipinski definition) is 4. The molecule has 2 atom stereocenters. The van der Waals surface area contributed by atoms with Gasteiger partial charge < -0.3 is 14.8 Å². The van der Waals surface area contributed by atoms with Crippen molar-refractivity contribution in [1.29, 1.82) is 0 Å². The van der Waals surface area contributed by atoms with Gasteiger partial charge in [-0.25, -0.2) is 4.98 Å². The Bertz CT molecular complexity index is 1160. The number of amides is 2. The lowest BCUT2D eigenvalue weighted by molar-refractivity contribution is -0.138. The molecule has 0 radical (unpaired) electrons. The maximum atomic E-state index is 13.3. The van der Waals surface area contributed by atoms with Gasteiger partial charge in [-0.2, -0.15) is 0 Å². The summed E-state index contributed by atoms with van der Waals surface area (Å²) in [6.07, 6.45) is 3.25. The van der Waals surface area contributed by atoms with E-state index in [1.165, 1.54) is 11.8 Å². The van der Waals surface area contributed by atoms with E-state index in [0.717, 1.165) is 47.1 Å². The van der Waals surface area contributed by atoms with Gasteiger partial charge in [-0.15, -0.1) is 0 Å². The summed E-state index contributed by atoms with van der Waals surface area (Å²) in [7, 11) is 0. The Hall–Kier alpha value is -2.80. The Morgan fingerprint density at radius 1 is 1.09 bits per heavy atom. The Morgan fingerprint density at radius 2 is 1.82 bits per heavy atom. The molecule has 1 saturated heterocycles. The Balaban J connectivity index is 1.52. The van der Waals surface area contributed by atoms with Gasteiger partial charge in [0.15, 0.2) is 5.16 Å². The molecule has 1 aliphatic rings. The molecule has 1 aromatic heterocycles. The SMILES string of the molecule is Cc1ccc(C)c(NC(=O)CSc2nc3ccccc3n2CC(=O)N2[C@H](C)CCC[C@@H]2C)c1. The predicted octanol–water partition coefficient (Wildman–Crippen LogP) is 5.17. The van der Waals surface area contributed by atoms with E-state index < -0.39 is 0 Å². The number of carbonyl (C=O) groups is 2. The Labute approximate surface area is 199 Å². The number of fused-ring (bicyclic) bond motifs is 1. The minimum Gasteiger partial charge on any atom is -0.336 e. The van der Waals surface area contributed by atoms with Crippen molar-refractivity contribution >= 4 is 40.3 Å². The van der Waals surface area contributed by atoms with Gasteiger partial charge >= 0.3 is 0 Å². The summed E-state index contributed by atoms with van der Waals surface area (Å²) in [6.45, 7) is 8.49. The number of carbonyl (C=O) groups excluding carboxylic acids is 2. The third-order valence-electron chi connectivity index (χ3n) is 6.39. The highest BCUT2D eigenvalue weighted by Crippen LogP contribution is 2.27. The molecule has 0 aliphatic carbocycles. The molecule has 2 amide bonds. The van der Waals surface area contributed by atoms with Gasteiger partial charge in [-0.3, -0.25) is 9.59 Å². The smallest absolute Gasteiger partial charge is 0.243 e. The number of nitrogens with one attached hydrogen (secondary N) is 1. The molecule has 3 aromatic rings. The van der Waals surface area contributed by atoms with Crippen LogP contribution in [0.2, 0.25) is 0 Å². The summed E-state index contributed by atoms with van der Waals surface area (Å²) in [5.74, 6) is 0.248. The third kappa shape index (κ3) is 5.24. The molecule has 2 aromatic carbocycles. The summed E-state index contributed by atoms with van der Waals surface area (Å²) < 4.78 is 1.96. The molecule has 1 fully saturated rings. The van der Waals surface area contributed by atoms with Crippen LogP contribution < -0.4 is 5.32 Å². The number of hydrogen-bond donors (Lipinski definition) is 1. The van der Waals surface area contributed by atoms with Crippen LogP contribution in [0.25, 0.3) is 11.0 Å². The second-order valence-electron chi connectivity index (χ2n) is 9.05. The molecule has 0 unspecified atom stereocenters. The highest BCUT2D eigenvalue weighted by Gasteiger charge is 2.29. The van der Waals surface area contributed by atoms with Gasteiger partial charge in [-0.1, -0.05) is 36.0 Å². The lowest BCUT2D eigenvalue weighted by Gasteiger charge is -2.39. The zero-order chi connectivity index (χ0) is 23.5. The van der Waals surface area contributed by atoms with Crippen LogP contribution in [-0.4, -0.2) is 44.1 Å². The number of benzene rings is 2. The third-order valence-corrected chi connectivity index (χ3v) is 7.37. The highest BCUT2D eigenvalue weighted by molar-refractivity contribution is 7.99. The average Bonchev–Trinajstić information content (AvgIpc) is 3.12. The van der Waals surface area contributed by atoms with Crippen LogP contribution in [0, 0.1) is 13.8 Å². The van der Waals surface area contributed by atoms with Crippen molar-refractivity contribution in [2.75, 3.05) is 11.1 Å². The van der Waals surface area contributed by atoms with E-state index in [1.54, 1.807) is 0 Å². The Morgan fingerprint density at radius 3 is 2.58 bits per heavy atom. The second-order valence-corrected chi connectivity index (χ2v) is 10.00. The van der Waals surface area contributed by atoms with Gasteiger partial charge in [0, 0.05) is 17.8 Å². The monoisotopic (exact) mass is 464 g/mol. The number of thioether (sulfide) groups is 1. The number of rotatable bonds is 6. The van der Waals surface area contributed by atoms with E-state index in [4.69, 9.17) is 4.98 Å². The number of aryl methyl sites for hydroxylation is 2. The van der Waals surface area contributed by atoms with E-state index in [1.807, 2.05) is 65.8 Å². The summed E-state index contributed by atoms with van der Waals surface area (Å²) in [5.41, 5.74) is 4.71. The first-order chi connectivity index (χ1) is 15.8. The standard InChI is InChI=1S/C26H32N4O2S/c1-17-12-13-18(2)22(14-17)27-24(31)16-33-26-28-21-10-5-6-11-23(21)29(26)15-25(32)30-19(3)8-7-9-20(30)4/h5-6,10-14,19-20H,7-9,15-16H2,1-4H3,(H,27,31)/t19-,20+. The highest BCUT2D eigenvalue weighted by atomic mass is 32.2. The molecule has 0 saturated carbocycles. The van der Waals surface area contributed by atoms with E-state index in [0.29, 0.717) is 5.16 Å². The molecule has 174 valence electrons. The predicted molar refractivity (Wildman–Crippen MR) is 135 cm³/mol. The minimum atomic E-state index is -0.0862. The number of nitrogens with zero attached hydrogens (tertiary/aromatic N) is 3. The van der Waals surface area contributed by atoms with Crippen LogP contribution in [0.1, 0.15) is 44.2 Å². The average molecular weight is 465 g/mol. The maximum absolute atomic E-state index is 13.3. The lowest BCUT2D eigenvalue weighted by atomic mass is 9.97. The Kier molecular flexibility index (Phi) is 7.08. The molecular formula is C26H32N4O2S. The number of piperidine rings is 1. The van der Waals surface area contributed by atoms with Crippen LogP contribution in [0.3, 0.4) is 0 Å². The molecule has 7 heteroatoms. The molecule has 4 rings (SSSR count). The molecule has 2 heterocycles. The fraction of sp³-hybridized carbons (Fsp3) is 0.423. The molecule has 6 nitrogen and oxygen atoms in total. The van der Waals surface area contributed by atoms with Crippen molar-refractivity contribution in [3.05, 3.63) is 53.6 Å². The van der Waals surface area contributed by atoms with Crippen LogP contribution in [0.5, 0.6) is 0 Å². The molecule has 1 aliphatic heterocycles. The van der Waals surface area contributed by atoms with E-state index in [9.17, 15) is 9.59 Å².